The molecule has 3 aromatic rings. The molecule has 1 atom stereocenters. The maximum Gasteiger partial charge on any atom is 0.260 e. The van der Waals surface area contributed by atoms with Gasteiger partial charge in [0.2, 0.25) is 0 Å². The molecule has 0 saturated carbocycles. The number of aryl methyl sites for hydroxylation is 2. The van der Waals surface area contributed by atoms with Crippen molar-refractivity contribution in [1.29, 1.82) is 0 Å². The summed E-state index contributed by atoms with van der Waals surface area (Å²) in [5, 5.41) is 0.706. The van der Waals surface area contributed by atoms with Gasteiger partial charge in [0.15, 0.2) is 6.61 Å². The van der Waals surface area contributed by atoms with Crippen LogP contribution in [-0.4, -0.2) is 45.5 Å². The first-order valence-corrected chi connectivity index (χ1v) is 10.5. The minimum atomic E-state index is -0.210. The highest BCUT2D eigenvalue weighted by atomic mass is 35.5. The summed E-state index contributed by atoms with van der Waals surface area (Å²) in [6.45, 7) is 4.88. The lowest BCUT2D eigenvalue weighted by Crippen LogP contribution is -2.33. The fourth-order valence-corrected chi connectivity index (χ4v) is 3.90. The van der Waals surface area contributed by atoms with E-state index in [4.69, 9.17) is 16.3 Å². The first-order valence-electron chi connectivity index (χ1n) is 10.1. The third-order valence-electron chi connectivity index (χ3n) is 5.45. The van der Waals surface area contributed by atoms with Gasteiger partial charge in [-0.25, -0.2) is 4.98 Å². The first kappa shape index (κ1) is 21.1. The lowest BCUT2D eigenvalue weighted by Gasteiger charge is -2.17. The maximum absolute atomic E-state index is 12.7. The first-order chi connectivity index (χ1) is 14.9. The van der Waals surface area contributed by atoms with Crippen LogP contribution in [0.25, 0.3) is 11.4 Å². The number of nitrogens with one attached hydrogen (secondary N) is 1. The molecule has 1 aliphatic heterocycles. The Morgan fingerprint density at radius 2 is 1.94 bits per heavy atom. The van der Waals surface area contributed by atoms with Gasteiger partial charge < -0.3 is 14.6 Å². The molecule has 1 saturated heterocycles. The van der Waals surface area contributed by atoms with Crippen LogP contribution in [0.5, 0.6) is 5.75 Å². The molecule has 3 heterocycles. The number of aromatic amines is 1. The van der Waals surface area contributed by atoms with Crippen molar-refractivity contribution in [2.45, 2.75) is 26.2 Å². The second kappa shape index (κ2) is 8.89. The highest BCUT2D eigenvalue weighted by Gasteiger charge is 2.29. The summed E-state index contributed by atoms with van der Waals surface area (Å²) in [5.74, 6) is 1.05. The minimum absolute atomic E-state index is 0.00635. The van der Waals surface area contributed by atoms with E-state index in [-0.39, 0.29) is 24.0 Å². The van der Waals surface area contributed by atoms with E-state index in [2.05, 4.69) is 15.0 Å². The third-order valence-corrected chi connectivity index (χ3v) is 6.04. The summed E-state index contributed by atoms with van der Waals surface area (Å²) in [6, 6.07) is 8.76. The molecule has 1 aliphatic rings. The van der Waals surface area contributed by atoms with Gasteiger partial charge in [0, 0.05) is 48.1 Å². The van der Waals surface area contributed by atoms with E-state index >= 15 is 0 Å². The van der Waals surface area contributed by atoms with Gasteiger partial charge in [-0.15, -0.1) is 0 Å². The normalized spacial score (nSPS) is 15.8. The Morgan fingerprint density at radius 3 is 2.65 bits per heavy atom. The number of ether oxygens (including phenoxy) is 1. The average molecular weight is 439 g/mol. The molecule has 0 aliphatic carbocycles. The predicted octanol–water partition coefficient (Wildman–Crippen LogP) is 3.50. The van der Waals surface area contributed by atoms with Crippen molar-refractivity contribution in [3.8, 4) is 17.1 Å². The number of pyridine rings is 1. The number of likely N-dealkylation sites (tertiary alicyclic amines) is 1. The lowest BCUT2D eigenvalue weighted by molar-refractivity contribution is -0.132. The molecule has 1 aromatic carbocycles. The zero-order chi connectivity index (χ0) is 22.0. The number of rotatable bonds is 5. The van der Waals surface area contributed by atoms with Gasteiger partial charge in [0.1, 0.15) is 11.6 Å². The second-order valence-electron chi connectivity index (χ2n) is 7.74. The van der Waals surface area contributed by atoms with Crippen LogP contribution in [0.1, 0.15) is 29.2 Å². The molecule has 7 nitrogen and oxygen atoms in total. The zero-order valence-electron chi connectivity index (χ0n) is 17.4. The van der Waals surface area contributed by atoms with Gasteiger partial charge in [-0.2, -0.15) is 0 Å². The fourth-order valence-electron chi connectivity index (χ4n) is 3.79. The number of aromatic nitrogens is 3. The van der Waals surface area contributed by atoms with Crippen molar-refractivity contribution >= 4 is 17.5 Å². The van der Waals surface area contributed by atoms with Gasteiger partial charge in [0.25, 0.3) is 11.5 Å². The molecule has 160 valence electrons. The van der Waals surface area contributed by atoms with E-state index in [0.717, 1.165) is 23.1 Å². The van der Waals surface area contributed by atoms with E-state index < -0.39 is 0 Å². The van der Waals surface area contributed by atoms with Crippen molar-refractivity contribution in [1.82, 2.24) is 19.9 Å². The number of H-pyrrole nitrogens is 1. The van der Waals surface area contributed by atoms with Crippen LogP contribution in [0.4, 0.5) is 0 Å². The van der Waals surface area contributed by atoms with Crippen LogP contribution in [-0.2, 0) is 4.79 Å². The van der Waals surface area contributed by atoms with Gasteiger partial charge in [0.05, 0.1) is 5.69 Å². The van der Waals surface area contributed by atoms with Crippen molar-refractivity contribution in [3.05, 3.63) is 74.9 Å². The molecule has 4 rings (SSSR count). The number of amides is 1. The largest absolute Gasteiger partial charge is 0.484 e. The van der Waals surface area contributed by atoms with E-state index in [1.54, 1.807) is 29.4 Å². The van der Waals surface area contributed by atoms with Crippen LogP contribution in [0, 0.1) is 13.8 Å². The zero-order valence-corrected chi connectivity index (χ0v) is 18.1. The van der Waals surface area contributed by atoms with Gasteiger partial charge in [-0.3, -0.25) is 14.6 Å². The molecule has 0 bridgehead atoms. The fraction of sp³-hybridized carbons (Fsp3) is 0.304. The molecular weight excluding hydrogens is 416 g/mol. The van der Waals surface area contributed by atoms with Crippen molar-refractivity contribution < 1.29 is 9.53 Å². The van der Waals surface area contributed by atoms with Crippen LogP contribution in [0.2, 0.25) is 5.02 Å². The maximum atomic E-state index is 12.7. The van der Waals surface area contributed by atoms with Crippen LogP contribution in [0.15, 0.2) is 47.5 Å². The van der Waals surface area contributed by atoms with Gasteiger partial charge in [-0.1, -0.05) is 11.6 Å². The van der Waals surface area contributed by atoms with Crippen LogP contribution in [0.3, 0.4) is 0 Å². The Labute approximate surface area is 185 Å². The van der Waals surface area contributed by atoms with Crippen LogP contribution >= 0.6 is 11.6 Å². The molecular formula is C23H23ClN4O3. The topological polar surface area (TPSA) is 88.2 Å². The van der Waals surface area contributed by atoms with Crippen molar-refractivity contribution in [3.63, 3.8) is 0 Å². The van der Waals surface area contributed by atoms with Gasteiger partial charge in [-0.05, 0) is 55.7 Å². The number of halogens is 1. The third kappa shape index (κ3) is 4.77. The van der Waals surface area contributed by atoms with E-state index in [0.29, 0.717) is 35.4 Å². The highest BCUT2D eigenvalue weighted by Crippen LogP contribution is 2.28. The lowest BCUT2D eigenvalue weighted by atomic mass is 10.0. The van der Waals surface area contributed by atoms with E-state index in [9.17, 15) is 9.59 Å². The van der Waals surface area contributed by atoms with E-state index in [1.807, 2.05) is 26.0 Å². The smallest absolute Gasteiger partial charge is 0.260 e. The summed E-state index contributed by atoms with van der Waals surface area (Å²) in [4.78, 5) is 38.0. The number of hydrogen-bond donors (Lipinski definition) is 1. The Balaban J connectivity index is 1.42. The number of carbonyl (C=O) groups is 1. The quantitative estimate of drug-likeness (QED) is 0.658. The summed E-state index contributed by atoms with van der Waals surface area (Å²) < 4.78 is 5.71. The van der Waals surface area contributed by atoms with Gasteiger partial charge >= 0.3 is 0 Å². The van der Waals surface area contributed by atoms with Crippen molar-refractivity contribution in [2.75, 3.05) is 19.7 Å². The summed E-state index contributed by atoms with van der Waals surface area (Å²) in [7, 11) is 0. The van der Waals surface area contributed by atoms with Crippen molar-refractivity contribution in [2.24, 2.45) is 0 Å². The Hall–Kier alpha value is -3.19. The standard InChI is InChI=1S/C23H23ClN4O3/c1-14-9-18(10-15(2)22(14)24)31-13-21(30)28-8-5-17(12-28)19-11-20(29)27-23(26-19)16-3-6-25-7-4-16/h3-4,6-7,9-11,17H,5,8,12-13H2,1-2H3,(H,26,27,29)/t17-/m1/s1. The number of hydrogen-bond acceptors (Lipinski definition) is 5. The Morgan fingerprint density at radius 1 is 1.23 bits per heavy atom. The Kier molecular flexibility index (Phi) is 6.04. The van der Waals surface area contributed by atoms with Crippen LogP contribution < -0.4 is 10.3 Å². The minimum Gasteiger partial charge on any atom is -0.484 e. The average Bonchev–Trinajstić information content (AvgIpc) is 3.26. The molecule has 8 heteroatoms. The predicted molar refractivity (Wildman–Crippen MR) is 118 cm³/mol. The molecule has 31 heavy (non-hydrogen) atoms. The summed E-state index contributed by atoms with van der Waals surface area (Å²) in [6.07, 6.45) is 4.06. The number of carbonyl (C=O) groups excluding carboxylic acids is 1. The monoisotopic (exact) mass is 438 g/mol. The molecule has 2 aromatic heterocycles. The molecule has 1 amide bonds. The second-order valence-corrected chi connectivity index (χ2v) is 8.12. The van der Waals surface area contributed by atoms with E-state index in [1.165, 1.54) is 6.07 Å². The summed E-state index contributed by atoms with van der Waals surface area (Å²) in [5.41, 5.74) is 3.10. The summed E-state index contributed by atoms with van der Waals surface area (Å²) >= 11 is 6.19. The molecule has 0 radical (unpaired) electrons. The SMILES string of the molecule is Cc1cc(OCC(=O)N2CC[C@@H](c3cc(=O)[nH]c(-c4ccncc4)n3)C2)cc(C)c1Cl. The highest BCUT2D eigenvalue weighted by molar-refractivity contribution is 6.32. The Bertz CT molecular complexity index is 1140. The molecule has 0 unspecified atom stereocenters. The molecule has 1 fully saturated rings. The number of nitrogens with zero attached hydrogens (tertiary/aromatic N) is 3. The molecule has 0 spiro atoms. The molecule has 1 N–H and O–H groups in total. The number of benzene rings is 1.